The Labute approximate surface area is 275 Å². The van der Waals surface area contributed by atoms with E-state index in [9.17, 15) is 24.9 Å². The molecule has 2 aromatic rings. The normalized spacial score (nSPS) is 35.7. The van der Waals surface area contributed by atoms with Gasteiger partial charge in [-0.05, 0) is 62.2 Å². The minimum absolute atomic E-state index is 0.0490. The van der Waals surface area contributed by atoms with Crippen molar-refractivity contribution in [1.29, 1.82) is 0 Å². The van der Waals surface area contributed by atoms with Crippen LogP contribution in [-0.4, -0.2) is 109 Å². The van der Waals surface area contributed by atoms with Crippen molar-refractivity contribution < 1.29 is 58.1 Å². The third-order valence-electron chi connectivity index (χ3n) is 9.23. The van der Waals surface area contributed by atoms with Gasteiger partial charge in [-0.1, -0.05) is 29.7 Å². The van der Waals surface area contributed by atoms with Crippen molar-refractivity contribution in [2.45, 2.75) is 74.5 Å². The van der Waals surface area contributed by atoms with Crippen LogP contribution in [0.3, 0.4) is 0 Å². The van der Waals surface area contributed by atoms with Gasteiger partial charge in [0, 0.05) is 16.5 Å². The molecule has 0 radical (unpaired) electrons. The highest BCUT2D eigenvalue weighted by molar-refractivity contribution is 6.08. The van der Waals surface area contributed by atoms with Crippen molar-refractivity contribution in [3.8, 4) is 35.2 Å². The van der Waals surface area contributed by atoms with Crippen molar-refractivity contribution in [2.75, 3.05) is 20.8 Å². The number of fused-ring (bicyclic) bond motifs is 3. The summed E-state index contributed by atoms with van der Waals surface area (Å²) in [5.74, 6) is 11.4. The number of esters is 1. The van der Waals surface area contributed by atoms with E-state index in [4.69, 9.17) is 33.2 Å². The van der Waals surface area contributed by atoms with E-state index in [0.29, 0.717) is 22.3 Å². The average molecular weight is 660 g/mol. The number of carbonyl (C=O) groups is 2. The van der Waals surface area contributed by atoms with Crippen LogP contribution < -0.4 is 10.1 Å². The molecule has 0 spiro atoms. The average Bonchev–Trinajstić information content (AvgIpc) is 3.39. The number of methoxy groups -OCH3 is 1. The SMILES string of the molecule is CNC1C(O[C@@H]2/C3=C/C#C[C@H]4O[C@@]4(C4COC(=O)O4)C#CC3=C[C@@H]2OC(=O)c2c(O)ccc3c(C)cc(OC)cc23)OC(C)C(O)C1O. The molecule has 250 valence electrons. The number of nitrogens with one attached hydrogen (secondary N) is 1. The lowest BCUT2D eigenvalue weighted by atomic mass is 9.97. The van der Waals surface area contributed by atoms with Crippen molar-refractivity contribution in [3.63, 3.8) is 0 Å². The lowest BCUT2D eigenvalue weighted by Gasteiger charge is -2.42. The van der Waals surface area contributed by atoms with Gasteiger partial charge in [-0.3, -0.25) is 0 Å². The van der Waals surface area contributed by atoms with Crippen molar-refractivity contribution >= 4 is 22.9 Å². The van der Waals surface area contributed by atoms with Gasteiger partial charge in [0.25, 0.3) is 0 Å². The Kier molecular flexibility index (Phi) is 8.08. The zero-order valence-electron chi connectivity index (χ0n) is 26.4. The van der Waals surface area contributed by atoms with Crippen molar-refractivity contribution in [1.82, 2.24) is 5.32 Å². The summed E-state index contributed by atoms with van der Waals surface area (Å²) in [4.78, 5) is 25.7. The van der Waals surface area contributed by atoms with Gasteiger partial charge in [-0.2, -0.15) is 0 Å². The number of rotatable bonds is 7. The van der Waals surface area contributed by atoms with Crippen LogP contribution in [0.25, 0.3) is 10.8 Å². The predicted molar refractivity (Wildman–Crippen MR) is 166 cm³/mol. The van der Waals surface area contributed by atoms with Gasteiger partial charge in [0.2, 0.25) is 5.60 Å². The first-order valence-electron chi connectivity index (χ1n) is 15.4. The molecule has 3 heterocycles. The maximum atomic E-state index is 14.0. The van der Waals surface area contributed by atoms with Gasteiger partial charge in [-0.15, -0.1) is 0 Å². The summed E-state index contributed by atoms with van der Waals surface area (Å²) < 4.78 is 40.0. The molecule has 2 aliphatic carbocycles. The number of phenolic OH excluding ortho intramolecular Hbond substituents is 1. The van der Waals surface area contributed by atoms with Crippen LogP contribution >= 0.6 is 0 Å². The van der Waals surface area contributed by atoms with Gasteiger partial charge in [0.1, 0.15) is 42.0 Å². The summed E-state index contributed by atoms with van der Waals surface area (Å²) in [6.07, 6.45) is -5.56. The summed E-state index contributed by atoms with van der Waals surface area (Å²) in [6, 6.07) is 5.74. The molecular formula is C35H33NO12. The molecule has 13 nitrogen and oxygen atoms in total. The molecule has 48 heavy (non-hydrogen) atoms. The monoisotopic (exact) mass is 659 g/mol. The number of likely N-dealkylation sites (N-methyl/N-ethyl adjacent to an activating group) is 1. The molecule has 7 rings (SSSR count). The third-order valence-corrected chi connectivity index (χ3v) is 9.23. The first kappa shape index (κ1) is 32.0. The standard InChI is InChI=1S/C35H33NO12/c1-16-12-19(42-4)14-22-20(16)8-9-23(37)27(22)32(40)45-24-13-18-10-11-35(26-15-43-34(41)46-26)25(48-35)7-5-6-21(18)31(24)47-33-28(36-3)30(39)29(38)17(2)44-33/h6,8-9,12-14,17,24-26,28-31,33,36-39H,15H2,1-4H3/b21-6+/t17?,24-,25+,26?,28?,29?,30?,31+,33?,35-/m0/s1. The highest BCUT2D eigenvalue weighted by Crippen LogP contribution is 2.44. The van der Waals surface area contributed by atoms with E-state index in [2.05, 4.69) is 29.0 Å². The zero-order chi connectivity index (χ0) is 33.9. The van der Waals surface area contributed by atoms with Crippen molar-refractivity contribution in [2.24, 2.45) is 0 Å². The third kappa shape index (κ3) is 5.35. The molecule has 3 aliphatic heterocycles. The lowest BCUT2D eigenvalue weighted by Crippen LogP contribution is -2.62. The second-order valence-corrected chi connectivity index (χ2v) is 12.1. The minimum atomic E-state index is -1.24. The molecule has 6 unspecified atom stereocenters. The summed E-state index contributed by atoms with van der Waals surface area (Å²) in [6.45, 7) is 3.42. The molecule has 2 aromatic carbocycles. The number of aliphatic hydroxyl groups excluding tert-OH is 2. The van der Waals surface area contributed by atoms with E-state index in [-0.39, 0.29) is 17.9 Å². The topological polar surface area (TPSA) is 175 Å². The molecule has 10 atom stereocenters. The summed E-state index contributed by atoms with van der Waals surface area (Å²) in [7, 11) is 3.10. The molecule has 3 fully saturated rings. The molecule has 0 saturated carbocycles. The maximum absolute atomic E-state index is 14.0. The lowest BCUT2D eigenvalue weighted by molar-refractivity contribution is -0.273. The number of allylic oxidation sites excluding steroid dienone is 1. The zero-order valence-corrected chi connectivity index (χ0v) is 26.4. The number of aliphatic hydroxyl groups is 2. The first-order chi connectivity index (χ1) is 23.0. The van der Waals surface area contributed by atoms with Gasteiger partial charge < -0.3 is 53.8 Å². The number of ether oxygens (including phenoxy) is 7. The number of cyclic esters (lactones) is 2. The molecule has 0 amide bonds. The number of hydrogen-bond acceptors (Lipinski definition) is 13. The largest absolute Gasteiger partial charge is 0.508 e. The van der Waals surface area contributed by atoms with E-state index in [0.717, 1.165) is 10.9 Å². The first-order valence-corrected chi connectivity index (χ1v) is 15.4. The molecular weight excluding hydrogens is 626 g/mol. The van der Waals surface area contributed by atoms with Crippen LogP contribution in [0, 0.1) is 30.6 Å². The molecule has 4 N–H and O–H groups in total. The Balaban J connectivity index is 1.27. The summed E-state index contributed by atoms with van der Waals surface area (Å²) in [5.41, 5.74) is 0.400. The maximum Gasteiger partial charge on any atom is 0.508 e. The quantitative estimate of drug-likeness (QED) is 0.191. The Bertz CT molecular complexity index is 1880. The van der Waals surface area contributed by atoms with Crippen LogP contribution in [0.15, 0.2) is 47.6 Å². The predicted octanol–water partition coefficient (Wildman–Crippen LogP) is 1.39. The summed E-state index contributed by atoms with van der Waals surface area (Å²) >= 11 is 0. The minimum Gasteiger partial charge on any atom is -0.507 e. The van der Waals surface area contributed by atoms with Crippen molar-refractivity contribution in [3.05, 3.63) is 58.7 Å². The Morgan fingerprint density at radius 1 is 1.17 bits per heavy atom. The van der Waals surface area contributed by atoms with E-state index in [1.54, 1.807) is 38.3 Å². The van der Waals surface area contributed by atoms with Gasteiger partial charge in [0.05, 0.1) is 19.3 Å². The van der Waals surface area contributed by atoms with Crippen LogP contribution in [0.5, 0.6) is 11.5 Å². The van der Waals surface area contributed by atoms with Gasteiger partial charge >= 0.3 is 12.1 Å². The fourth-order valence-electron chi connectivity index (χ4n) is 6.50. The number of carbonyl (C=O) groups excluding carboxylic acids is 2. The number of aryl methyl sites for hydroxylation is 1. The highest BCUT2D eigenvalue weighted by atomic mass is 16.8. The molecule has 0 aromatic heterocycles. The fourth-order valence-corrected chi connectivity index (χ4v) is 6.50. The number of phenols is 1. The molecule has 13 heteroatoms. The molecule has 0 bridgehead atoms. The molecule has 3 saturated heterocycles. The molecule has 5 aliphatic rings. The van der Waals surface area contributed by atoms with E-state index in [1.807, 2.05) is 13.0 Å². The van der Waals surface area contributed by atoms with Crippen LogP contribution in [0.1, 0.15) is 22.8 Å². The Morgan fingerprint density at radius 3 is 2.71 bits per heavy atom. The van der Waals surface area contributed by atoms with Crippen LogP contribution in [-0.2, 0) is 28.4 Å². The Morgan fingerprint density at radius 2 is 1.98 bits per heavy atom. The van der Waals surface area contributed by atoms with Gasteiger partial charge in [-0.25, -0.2) is 9.59 Å². The summed E-state index contributed by atoms with van der Waals surface area (Å²) in [5, 5.41) is 36.3. The smallest absolute Gasteiger partial charge is 0.507 e. The highest BCUT2D eigenvalue weighted by Gasteiger charge is 2.65. The number of epoxide rings is 1. The Hall–Kier alpha value is -4.60. The van der Waals surface area contributed by atoms with E-state index >= 15 is 0 Å². The van der Waals surface area contributed by atoms with E-state index in [1.165, 1.54) is 13.2 Å². The van der Waals surface area contributed by atoms with Gasteiger partial charge in [0.15, 0.2) is 24.6 Å². The fraction of sp³-hybridized carbons (Fsp3) is 0.429. The van der Waals surface area contributed by atoms with Crippen LogP contribution in [0.2, 0.25) is 0 Å². The van der Waals surface area contributed by atoms with Crippen LogP contribution in [0.4, 0.5) is 4.79 Å². The number of hydrogen-bond donors (Lipinski definition) is 4. The van der Waals surface area contributed by atoms with E-state index < -0.39 is 72.8 Å². The second-order valence-electron chi connectivity index (χ2n) is 12.1. The number of benzene rings is 2. The number of aromatic hydroxyl groups is 1. The second kappa shape index (κ2) is 12.1.